The van der Waals surface area contributed by atoms with Gasteiger partial charge in [0.2, 0.25) is 0 Å². The Labute approximate surface area is 90.1 Å². The fraction of sp³-hybridized carbons (Fsp3) is 0.231. The third-order valence-corrected chi connectivity index (χ3v) is 2.31. The van der Waals surface area contributed by atoms with Gasteiger partial charge in [0.1, 0.15) is 0 Å². The first-order valence-electron chi connectivity index (χ1n) is 5.17. The maximum Gasteiger partial charge on any atom is 0.0881 e. The van der Waals surface area contributed by atoms with Gasteiger partial charge in [0.15, 0.2) is 0 Å². The largest absolute Gasteiger partial charge is 0.283 e. The molecule has 0 fully saturated rings. The summed E-state index contributed by atoms with van der Waals surface area (Å²) in [7, 11) is 0. The lowest BCUT2D eigenvalue weighted by molar-refractivity contribution is 0.995. The summed E-state index contributed by atoms with van der Waals surface area (Å²) in [5, 5.41) is 0. The van der Waals surface area contributed by atoms with Crippen LogP contribution in [0.3, 0.4) is 0 Å². The monoisotopic (exact) mass is 198 g/mol. The van der Waals surface area contributed by atoms with Crippen molar-refractivity contribution >= 4 is 5.71 Å². The quantitative estimate of drug-likeness (QED) is 0.681. The molecule has 0 spiro atoms. The van der Waals surface area contributed by atoms with Crippen LogP contribution < -0.4 is 0 Å². The minimum Gasteiger partial charge on any atom is -0.283 e. The van der Waals surface area contributed by atoms with Crippen LogP contribution in [-0.4, -0.2) is 17.2 Å². The van der Waals surface area contributed by atoms with Gasteiger partial charge < -0.3 is 0 Å². The van der Waals surface area contributed by atoms with E-state index in [-0.39, 0.29) is 0 Å². The third-order valence-electron chi connectivity index (χ3n) is 2.31. The zero-order chi connectivity index (χ0) is 10.5. The van der Waals surface area contributed by atoms with Gasteiger partial charge in [0.05, 0.1) is 11.4 Å². The van der Waals surface area contributed by atoms with Crippen molar-refractivity contribution in [1.29, 1.82) is 0 Å². The van der Waals surface area contributed by atoms with Crippen molar-refractivity contribution in [1.82, 2.24) is 4.98 Å². The molecule has 1 aliphatic heterocycles. The maximum absolute atomic E-state index is 4.51. The lowest BCUT2D eigenvalue weighted by Gasteiger charge is -2.03. The molecule has 0 radical (unpaired) electrons. The van der Waals surface area contributed by atoms with E-state index >= 15 is 0 Å². The predicted molar refractivity (Wildman–Crippen MR) is 63.2 cm³/mol. The number of hydrogen-bond acceptors (Lipinski definition) is 2. The molecule has 2 heteroatoms. The van der Waals surface area contributed by atoms with Crippen LogP contribution in [0.1, 0.15) is 19.0 Å². The van der Waals surface area contributed by atoms with Crippen molar-refractivity contribution < 1.29 is 0 Å². The second-order valence-corrected chi connectivity index (χ2v) is 3.55. The van der Waals surface area contributed by atoms with E-state index in [1.807, 2.05) is 24.3 Å². The van der Waals surface area contributed by atoms with Crippen LogP contribution in [0.15, 0.2) is 53.2 Å². The Hall–Kier alpha value is -1.70. The van der Waals surface area contributed by atoms with Crippen molar-refractivity contribution in [2.75, 3.05) is 6.54 Å². The highest BCUT2D eigenvalue weighted by Crippen LogP contribution is 2.06. The number of rotatable bonds is 1. The third kappa shape index (κ3) is 2.62. The summed E-state index contributed by atoms with van der Waals surface area (Å²) in [4.78, 5) is 8.81. The summed E-state index contributed by atoms with van der Waals surface area (Å²) in [6, 6.07) is 5.89. The smallest absolute Gasteiger partial charge is 0.0881 e. The number of nitrogens with zero attached hydrogens (tertiary/aromatic N) is 2. The van der Waals surface area contributed by atoms with E-state index < -0.39 is 0 Å². The highest BCUT2D eigenvalue weighted by Gasteiger charge is 2.01. The van der Waals surface area contributed by atoms with Crippen LogP contribution in [0.4, 0.5) is 0 Å². The summed E-state index contributed by atoms with van der Waals surface area (Å²) in [6.45, 7) is 2.95. The average Bonchev–Trinajstić information content (AvgIpc) is 2.25. The Morgan fingerprint density at radius 3 is 2.93 bits per heavy atom. The van der Waals surface area contributed by atoms with Gasteiger partial charge in [-0.1, -0.05) is 23.8 Å². The van der Waals surface area contributed by atoms with E-state index in [4.69, 9.17) is 0 Å². The summed E-state index contributed by atoms with van der Waals surface area (Å²) in [5.41, 5.74) is 3.21. The number of hydrogen-bond donors (Lipinski definition) is 0. The van der Waals surface area contributed by atoms with E-state index in [0.717, 1.165) is 24.4 Å². The lowest BCUT2D eigenvalue weighted by atomic mass is 10.1. The van der Waals surface area contributed by atoms with Gasteiger partial charge in [-0.2, -0.15) is 0 Å². The average molecular weight is 198 g/mol. The Balaban J connectivity index is 2.30. The first kappa shape index (κ1) is 9.84. The summed E-state index contributed by atoms with van der Waals surface area (Å²) < 4.78 is 0. The van der Waals surface area contributed by atoms with E-state index in [9.17, 15) is 0 Å². The molecule has 1 aromatic heterocycles. The molecule has 0 atom stereocenters. The van der Waals surface area contributed by atoms with Gasteiger partial charge in [-0.05, 0) is 31.6 Å². The number of aliphatic imine (C=N–C) groups is 1. The molecule has 0 aromatic carbocycles. The second-order valence-electron chi connectivity index (χ2n) is 3.55. The Morgan fingerprint density at radius 2 is 2.13 bits per heavy atom. The Morgan fingerprint density at radius 1 is 1.20 bits per heavy atom. The van der Waals surface area contributed by atoms with Crippen LogP contribution >= 0.6 is 0 Å². The molecule has 2 heterocycles. The molecule has 0 N–H and O–H groups in total. The molecule has 0 aliphatic carbocycles. The molecular formula is C13H14N2. The summed E-state index contributed by atoms with van der Waals surface area (Å²) in [6.07, 6.45) is 9.13. The lowest BCUT2D eigenvalue weighted by Crippen LogP contribution is -2.02. The zero-order valence-corrected chi connectivity index (χ0v) is 8.85. The molecule has 0 amide bonds. The van der Waals surface area contributed by atoms with Gasteiger partial charge in [-0.25, -0.2) is 0 Å². The van der Waals surface area contributed by atoms with Crippen LogP contribution in [0.2, 0.25) is 0 Å². The van der Waals surface area contributed by atoms with E-state index in [0.29, 0.717) is 0 Å². The predicted octanol–water partition coefficient (Wildman–Crippen LogP) is 2.78. The molecule has 0 bridgehead atoms. The van der Waals surface area contributed by atoms with Crippen LogP contribution in [0.5, 0.6) is 0 Å². The molecule has 2 nitrogen and oxygen atoms in total. The number of pyridine rings is 1. The molecule has 15 heavy (non-hydrogen) atoms. The van der Waals surface area contributed by atoms with Gasteiger partial charge in [-0.15, -0.1) is 0 Å². The number of allylic oxidation sites excluding steroid dienone is 3. The topological polar surface area (TPSA) is 25.2 Å². The van der Waals surface area contributed by atoms with Gasteiger partial charge in [0, 0.05) is 12.7 Å². The van der Waals surface area contributed by atoms with Crippen molar-refractivity contribution in [3.05, 3.63) is 53.9 Å². The standard InChI is InChI=1S/C13H14N2/c1-11-5-4-10-15-13(8-7-11)12-6-2-3-9-14-12/h2-3,5-9H,4,10H2,1H3/b8-7-,11-5-,15-13?. The number of aromatic nitrogens is 1. The second kappa shape index (κ2) is 4.69. The molecule has 1 aromatic rings. The van der Waals surface area contributed by atoms with Crippen LogP contribution in [0, 0.1) is 0 Å². The molecule has 76 valence electrons. The fourth-order valence-electron chi connectivity index (χ4n) is 1.49. The zero-order valence-electron chi connectivity index (χ0n) is 8.85. The van der Waals surface area contributed by atoms with Crippen molar-refractivity contribution in [2.24, 2.45) is 4.99 Å². The van der Waals surface area contributed by atoms with Gasteiger partial charge in [-0.3, -0.25) is 9.98 Å². The fourth-order valence-corrected chi connectivity index (χ4v) is 1.49. The van der Waals surface area contributed by atoms with Crippen LogP contribution in [-0.2, 0) is 0 Å². The highest BCUT2D eigenvalue weighted by molar-refractivity contribution is 6.07. The van der Waals surface area contributed by atoms with Gasteiger partial charge in [0.25, 0.3) is 0 Å². The minimum absolute atomic E-state index is 0.841. The minimum atomic E-state index is 0.841. The molecule has 0 saturated carbocycles. The van der Waals surface area contributed by atoms with E-state index in [1.54, 1.807) is 6.20 Å². The Kier molecular flexibility index (Phi) is 3.08. The molecule has 0 unspecified atom stereocenters. The maximum atomic E-state index is 4.51. The molecule has 1 aliphatic rings. The summed E-state index contributed by atoms with van der Waals surface area (Å²) in [5.74, 6) is 0. The highest BCUT2D eigenvalue weighted by atomic mass is 14.8. The van der Waals surface area contributed by atoms with Crippen molar-refractivity contribution in [2.45, 2.75) is 13.3 Å². The first-order chi connectivity index (χ1) is 7.36. The van der Waals surface area contributed by atoms with E-state index in [1.165, 1.54) is 5.57 Å². The molecule has 0 saturated heterocycles. The van der Waals surface area contributed by atoms with Crippen molar-refractivity contribution in [3.8, 4) is 0 Å². The van der Waals surface area contributed by atoms with Crippen molar-refractivity contribution in [3.63, 3.8) is 0 Å². The van der Waals surface area contributed by atoms with Crippen LogP contribution in [0.25, 0.3) is 0 Å². The molecule has 2 rings (SSSR count). The molecular weight excluding hydrogens is 184 g/mol. The summed E-state index contributed by atoms with van der Waals surface area (Å²) >= 11 is 0. The van der Waals surface area contributed by atoms with E-state index in [2.05, 4.69) is 29.1 Å². The normalized spacial score (nSPS) is 21.9. The SMILES string of the molecule is CC1=C/CCN=C(c2ccccn2)/C=C\1. The Bertz CT molecular complexity index is 413. The first-order valence-corrected chi connectivity index (χ1v) is 5.17. The van der Waals surface area contributed by atoms with Gasteiger partial charge >= 0.3 is 0 Å².